The van der Waals surface area contributed by atoms with Crippen LogP contribution in [-0.4, -0.2) is 8.76 Å². The molecule has 5 heteroatoms. The second kappa shape index (κ2) is 5.47. The van der Waals surface area contributed by atoms with Gasteiger partial charge in [-0.1, -0.05) is 24.8 Å². The Hall–Kier alpha value is -1.17. The fraction of sp³-hybridized carbons (Fsp3) is 0. The molecule has 1 aromatic carbocycles. The molecule has 1 unspecified atom stereocenters. The molecule has 4 nitrogen and oxygen atoms in total. The van der Waals surface area contributed by atoms with Gasteiger partial charge in [-0.2, -0.15) is 0 Å². The molecule has 0 bridgehead atoms. The van der Waals surface area contributed by atoms with Gasteiger partial charge in [-0.15, -0.1) is 0 Å². The molecule has 0 aliphatic carbocycles. The van der Waals surface area contributed by atoms with Gasteiger partial charge in [-0.3, -0.25) is 0 Å². The molecule has 1 aromatic rings. The third-order valence-electron chi connectivity index (χ3n) is 1.28. The predicted octanol–water partition coefficient (Wildman–Crippen LogP) is 1.66. The lowest BCUT2D eigenvalue weighted by molar-refractivity contribution is 0.440. The molecule has 0 amide bonds. The van der Waals surface area contributed by atoms with Gasteiger partial charge in [0.25, 0.3) is 0 Å². The van der Waals surface area contributed by atoms with Crippen molar-refractivity contribution in [3.8, 4) is 5.75 Å². The smallest absolute Gasteiger partial charge is 0.139 e. The fourth-order valence-electron chi connectivity index (χ4n) is 0.738. The van der Waals surface area contributed by atoms with Crippen molar-refractivity contribution < 1.29 is 12.9 Å². The van der Waals surface area contributed by atoms with E-state index in [0.717, 1.165) is 5.56 Å². The number of rotatable bonds is 3. The van der Waals surface area contributed by atoms with Gasteiger partial charge in [0.15, 0.2) is 0 Å². The first-order valence-electron chi connectivity index (χ1n) is 3.22. The lowest BCUT2D eigenvalue weighted by atomic mass is 10.2. The number of hydrogen-bond donors (Lipinski definition) is 1. The second-order valence-electron chi connectivity index (χ2n) is 2.06. The van der Waals surface area contributed by atoms with E-state index in [0.29, 0.717) is 5.75 Å². The van der Waals surface area contributed by atoms with E-state index >= 15 is 0 Å². The normalized spacial score (nSPS) is 11.2. The summed E-state index contributed by atoms with van der Waals surface area (Å²) in [6.45, 7) is 3.56. The topological polar surface area (TPSA) is 84.4 Å². The highest BCUT2D eigenvalue weighted by atomic mass is 32.2. The van der Waals surface area contributed by atoms with Crippen LogP contribution in [0.5, 0.6) is 5.75 Å². The second-order valence-corrected chi connectivity index (χ2v) is 2.64. The van der Waals surface area contributed by atoms with E-state index in [1.54, 1.807) is 30.3 Å². The van der Waals surface area contributed by atoms with Crippen molar-refractivity contribution in [3.05, 3.63) is 36.4 Å². The molecule has 0 spiro atoms. The summed E-state index contributed by atoms with van der Waals surface area (Å²) in [7, 11) is 0. The van der Waals surface area contributed by atoms with Crippen LogP contribution in [0.3, 0.4) is 0 Å². The molecule has 3 N–H and O–H groups in total. The lowest BCUT2D eigenvalue weighted by Gasteiger charge is -2.06. The summed E-state index contributed by atoms with van der Waals surface area (Å²) in [5.41, 5.74) is 0.916. The monoisotopic (exact) mass is 200 g/mol. The van der Waals surface area contributed by atoms with Crippen molar-refractivity contribution in [2.24, 2.45) is 0 Å². The SMILES string of the molecule is C=Cc1ccc(OS(=O)[O-])cc1.N. The van der Waals surface area contributed by atoms with E-state index in [1.807, 2.05) is 0 Å². The first-order valence-corrected chi connectivity index (χ1v) is 4.22. The molecule has 0 saturated heterocycles. The van der Waals surface area contributed by atoms with Gasteiger partial charge in [0.05, 0.1) is 0 Å². The minimum Gasteiger partial charge on any atom is -0.740 e. The first-order chi connectivity index (χ1) is 5.72. The summed E-state index contributed by atoms with van der Waals surface area (Å²) in [5, 5.41) is 0. The molecule has 0 radical (unpaired) electrons. The van der Waals surface area contributed by atoms with Gasteiger partial charge >= 0.3 is 0 Å². The Bertz CT molecular complexity index is 297. The molecule has 0 aromatic heterocycles. The van der Waals surface area contributed by atoms with E-state index in [9.17, 15) is 8.76 Å². The van der Waals surface area contributed by atoms with Crippen LogP contribution in [0.15, 0.2) is 30.8 Å². The van der Waals surface area contributed by atoms with Crippen LogP contribution in [0.2, 0.25) is 0 Å². The van der Waals surface area contributed by atoms with E-state index in [4.69, 9.17) is 0 Å². The Morgan fingerprint density at radius 2 is 1.92 bits per heavy atom. The Kier molecular flexibility index (Phi) is 4.98. The standard InChI is InChI=1S/C8H8O3S.H3N/c1-2-7-3-5-8(6-4-7)11-12(9)10;/h2-6H,1H2,(H,9,10);1H3/p-1. The van der Waals surface area contributed by atoms with E-state index in [-0.39, 0.29) is 6.15 Å². The summed E-state index contributed by atoms with van der Waals surface area (Å²) in [5.74, 6) is 0.300. The van der Waals surface area contributed by atoms with Crippen molar-refractivity contribution in [3.63, 3.8) is 0 Å². The molecular formula is C8H10NO3S-. The maximum absolute atomic E-state index is 10.1. The van der Waals surface area contributed by atoms with Crippen molar-refractivity contribution in [2.75, 3.05) is 0 Å². The molecule has 0 fully saturated rings. The van der Waals surface area contributed by atoms with Crippen molar-refractivity contribution in [2.45, 2.75) is 0 Å². The van der Waals surface area contributed by atoms with E-state index < -0.39 is 11.4 Å². The molecule has 1 rings (SSSR count). The zero-order chi connectivity index (χ0) is 8.97. The van der Waals surface area contributed by atoms with Crippen molar-refractivity contribution in [1.29, 1.82) is 0 Å². The zero-order valence-electron chi connectivity index (χ0n) is 6.93. The number of benzene rings is 1. The average molecular weight is 200 g/mol. The third kappa shape index (κ3) is 3.84. The molecule has 0 aliphatic heterocycles. The van der Waals surface area contributed by atoms with Gasteiger partial charge in [0, 0.05) is 0 Å². The molecule has 0 aliphatic rings. The van der Waals surface area contributed by atoms with Crippen molar-refractivity contribution in [1.82, 2.24) is 6.15 Å². The minimum atomic E-state index is -2.50. The quantitative estimate of drug-likeness (QED) is 0.752. The predicted molar refractivity (Wildman–Crippen MR) is 51.1 cm³/mol. The summed E-state index contributed by atoms with van der Waals surface area (Å²) in [6.07, 6.45) is 1.66. The highest BCUT2D eigenvalue weighted by molar-refractivity contribution is 7.74. The molecular weight excluding hydrogens is 190 g/mol. The molecule has 1 atom stereocenters. The van der Waals surface area contributed by atoms with Crippen LogP contribution in [0.4, 0.5) is 0 Å². The Balaban J connectivity index is 0.00000144. The summed E-state index contributed by atoms with van der Waals surface area (Å²) < 4.78 is 24.6. The van der Waals surface area contributed by atoms with Crippen LogP contribution in [0.25, 0.3) is 6.08 Å². The lowest BCUT2D eigenvalue weighted by Crippen LogP contribution is -1.97. The van der Waals surface area contributed by atoms with Crippen LogP contribution in [0, 0.1) is 0 Å². The Morgan fingerprint density at radius 1 is 1.38 bits per heavy atom. The minimum absolute atomic E-state index is 0. The largest absolute Gasteiger partial charge is 0.740 e. The maximum Gasteiger partial charge on any atom is 0.139 e. The van der Waals surface area contributed by atoms with Crippen LogP contribution < -0.4 is 10.3 Å². The molecule has 0 saturated carbocycles. The van der Waals surface area contributed by atoms with Gasteiger partial charge < -0.3 is 14.9 Å². The maximum atomic E-state index is 10.1. The van der Waals surface area contributed by atoms with E-state index in [1.165, 1.54) is 0 Å². The van der Waals surface area contributed by atoms with Gasteiger partial charge in [0.2, 0.25) is 0 Å². The van der Waals surface area contributed by atoms with Gasteiger partial charge in [0.1, 0.15) is 17.1 Å². The Labute approximate surface area is 79.3 Å². The third-order valence-corrected chi connectivity index (χ3v) is 1.61. The van der Waals surface area contributed by atoms with Gasteiger partial charge in [-0.05, 0) is 17.7 Å². The zero-order valence-corrected chi connectivity index (χ0v) is 7.75. The van der Waals surface area contributed by atoms with Crippen LogP contribution >= 0.6 is 0 Å². The summed E-state index contributed by atoms with van der Waals surface area (Å²) >= 11 is -2.50. The summed E-state index contributed by atoms with van der Waals surface area (Å²) in [6, 6.07) is 6.56. The molecule has 13 heavy (non-hydrogen) atoms. The van der Waals surface area contributed by atoms with E-state index in [2.05, 4.69) is 10.8 Å². The first kappa shape index (κ1) is 11.8. The van der Waals surface area contributed by atoms with Gasteiger partial charge in [-0.25, -0.2) is 4.21 Å². The highest BCUT2D eigenvalue weighted by Gasteiger charge is 1.91. The van der Waals surface area contributed by atoms with Crippen molar-refractivity contribution >= 4 is 17.4 Å². The Morgan fingerprint density at radius 3 is 2.31 bits per heavy atom. The highest BCUT2D eigenvalue weighted by Crippen LogP contribution is 2.12. The summed E-state index contributed by atoms with van der Waals surface area (Å²) in [4.78, 5) is 0. The van der Waals surface area contributed by atoms with Crippen LogP contribution in [0.1, 0.15) is 5.56 Å². The molecule has 72 valence electrons. The fourth-order valence-corrected chi connectivity index (χ4v) is 1.01. The number of hydrogen-bond acceptors (Lipinski definition) is 4. The average Bonchev–Trinajstić information content (AvgIpc) is 2.05. The molecule has 0 heterocycles. The van der Waals surface area contributed by atoms with Crippen LogP contribution in [-0.2, 0) is 11.4 Å².